The Balaban J connectivity index is 3.33. The number of rotatable bonds is 4. The maximum atomic E-state index is 11.5. The van der Waals surface area contributed by atoms with E-state index in [0.29, 0.717) is 0 Å². The zero-order valence-corrected chi connectivity index (χ0v) is 9.52. The Bertz CT molecular complexity index is 536. The molecule has 17 heavy (non-hydrogen) atoms. The maximum absolute atomic E-state index is 11.5. The van der Waals surface area contributed by atoms with Gasteiger partial charge in [0.15, 0.2) is 5.56 Å². The predicted octanol–water partition coefficient (Wildman–Crippen LogP) is 1.54. The number of hydrogen-bond acceptors (Lipinski definition) is 5. The predicted molar refractivity (Wildman–Crippen MR) is 61.0 cm³/mol. The van der Waals surface area contributed by atoms with Crippen molar-refractivity contribution in [1.29, 1.82) is 0 Å². The first-order chi connectivity index (χ1) is 8.01. The molecule has 0 saturated carbocycles. The maximum Gasteiger partial charge on any atom is 0.351 e. The fourth-order valence-electron chi connectivity index (χ4n) is 1.25. The van der Waals surface area contributed by atoms with Crippen LogP contribution in [-0.4, -0.2) is 16.7 Å². The summed E-state index contributed by atoms with van der Waals surface area (Å²) in [6.07, 6.45) is 3.03. The van der Waals surface area contributed by atoms with Crippen LogP contribution in [0.1, 0.15) is 36.4 Å². The molecule has 0 saturated heterocycles. The van der Waals surface area contributed by atoms with E-state index in [1.165, 1.54) is 13.0 Å². The van der Waals surface area contributed by atoms with E-state index < -0.39 is 28.5 Å². The molecule has 0 unspecified atom stereocenters. The van der Waals surface area contributed by atoms with Gasteiger partial charge in [0, 0.05) is 12.5 Å². The summed E-state index contributed by atoms with van der Waals surface area (Å²) in [6, 6.07) is 1.12. The topological polar surface area (TPSA) is 84.6 Å². The second-order valence-corrected chi connectivity index (χ2v) is 3.30. The fourth-order valence-corrected chi connectivity index (χ4v) is 1.25. The molecule has 0 bridgehead atoms. The van der Waals surface area contributed by atoms with Crippen molar-refractivity contribution in [2.24, 2.45) is 0 Å². The molecule has 0 amide bonds. The quantitative estimate of drug-likeness (QED) is 0.633. The molecule has 0 aliphatic rings. The average Bonchev–Trinajstić information content (AvgIpc) is 2.27. The van der Waals surface area contributed by atoms with Crippen molar-refractivity contribution in [3.8, 4) is 5.75 Å². The smallest absolute Gasteiger partial charge is 0.351 e. The Kier molecular flexibility index (Phi) is 3.98. The summed E-state index contributed by atoms with van der Waals surface area (Å²) in [5, 5.41) is 9.55. The lowest BCUT2D eigenvalue weighted by Crippen LogP contribution is -2.21. The van der Waals surface area contributed by atoms with Gasteiger partial charge in [-0.25, -0.2) is 4.79 Å². The molecule has 1 rings (SSSR count). The van der Waals surface area contributed by atoms with Crippen molar-refractivity contribution in [3.63, 3.8) is 0 Å². The molecule has 0 atom stereocenters. The summed E-state index contributed by atoms with van der Waals surface area (Å²) >= 11 is 0. The highest BCUT2D eigenvalue weighted by atomic mass is 16.4. The van der Waals surface area contributed by atoms with Gasteiger partial charge in [-0.1, -0.05) is 13.0 Å². The summed E-state index contributed by atoms with van der Waals surface area (Å²) in [5.41, 5.74) is -1.62. The van der Waals surface area contributed by atoms with Crippen molar-refractivity contribution in [2.45, 2.75) is 20.3 Å². The molecule has 0 spiro atoms. The minimum atomic E-state index is -1.02. The molecular formula is C12H12O5. The minimum absolute atomic E-state index is 0.0334. The van der Waals surface area contributed by atoms with Gasteiger partial charge in [0.2, 0.25) is 11.6 Å². The normalized spacial score (nSPS) is 10.7. The summed E-state index contributed by atoms with van der Waals surface area (Å²) < 4.78 is 4.77. The van der Waals surface area contributed by atoms with Gasteiger partial charge < -0.3 is 9.52 Å². The molecule has 5 nitrogen and oxygen atoms in total. The fraction of sp³-hybridized carbons (Fsp3) is 0.250. The zero-order valence-electron chi connectivity index (χ0n) is 9.52. The van der Waals surface area contributed by atoms with Crippen LogP contribution in [0.25, 0.3) is 6.08 Å². The monoisotopic (exact) mass is 236 g/mol. The number of ketones is 2. The van der Waals surface area contributed by atoms with Crippen molar-refractivity contribution in [1.82, 2.24) is 0 Å². The first-order valence-electron chi connectivity index (χ1n) is 5.08. The Labute approximate surface area is 97.4 Å². The van der Waals surface area contributed by atoms with Crippen LogP contribution >= 0.6 is 0 Å². The highest BCUT2D eigenvalue weighted by Gasteiger charge is 2.23. The molecule has 1 aromatic rings. The third-order valence-electron chi connectivity index (χ3n) is 2.08. The van der Waals surface area contributed by atoms with Crippen LogP contribution in [0, 0.1) is 0 Å². The second-order valence-electron chi connectivity index (χ2n) is 3.30. The van der Waals surface area contributed by atoms with Gasteiger partial charge in [0.25, 0.3) is 0 Å². The van der Waals surface area contributed by atoms with Crippen LogP contribution in [0.5, 0.6) is 5.75 Å². The molecular weight excluding hydrogens is 224 g/mol. The average molecular weight is 236 g/mol. The van der Waals surface area contributed by atoms with Crippen LogP contribution in [-0.2, 0) is 4.79 Å². The molecule has 0 radical (unpaired) electrons. The van der Waals surface area contributed by atoms with Gasteiger partial charge >= 0.3 is 5.63 Å². The summed E-state index contributed by atoms with van der Waals surface area (Å²) in [6.45, 7) is 3.20. The minimum Gasteiger partial charge on any atom is -0.507 e. The van der Waals surface area contributed by atoms with Crippen LogP contribution in [0.15, 0.2) is 21.4 Å². The SMILES string of the molecule is C/C=C/c1cc(O)c(C(=O)C(=O)CC)c(=O)o1. The number of allylic oxidation sites excluding steroid dienone is 1. The molecule has 1 aromatic heterocycles. The third-order valence-corrected chi connectivity index (χ3v) is 2.08. The van der Waals surface area contributed by atoms with Crippen LogP contribution in [0.3, 0.4) is 0 Å². The van der Waals surface area contributed by atoms with Crippen LogP contribution in [0.4, 0.5) is 0 Å². The van der Waals surface area contributed by atoms with Crippen molar-refractivity contribution >= 4 is 17.6 Å². The molecule has 0 aliphatic carbocycles. The molecule has 90 valence electrons. The first-order valence-corrected chi connectivity index (χ1v) is 5.08. The number of aromatic hydroxyl groups is 1. The third kappa shape index (κ3) is 2.69. The van der Waals surface area contributed by atoms with Gasteiger partial charge in [-0.05, 0) is 13.0 Å². The van der Waals surface area contributed by atoms with E-state index in [4.69, 9.17) is 4.42 Å². The zero-order chi connectivity index (χ0) is 13.0. The van der Waals surface area contributed by atoms with E-state index in [1.54, 1.807) is 13.0 Å². The van der Waals surface area contributed by atoms with Gasteiger partial charge in [-0.3, -0.25) is 9.59 Å². The number of Topliss-reactive ketones (excluding diaryl/α,β-unsaturated/α-hetero) is 2. The molecule has 1 N–H and O–H groups in total. The Hall–Kier alpha value is -2.17. The number of carbonyl (C=O) groups excluding carboxylic acids is 2. The van der Waals surface area contributed by atoms with Gasteiger partial charge in [-0.15, -0.1) is 0 Å². The molecule has 0 aliphatic heterocycles. The highest BCUT2D eigenvalue weighted by molar-refractivity contribution is 6.44. The largest absolute Gasteiger partial charge is 0.507 e. The van der Waals surface area contributed by atoms with Gasteiger partial charge in [0.1, 0.15) is 11.5 Å². The molecule has 0 aromatic carbocycles. The van der Waals surface area contributed by atoms with Gasteiger partial charge in [-0.2, -0.15) is 0 Å². The Morgan fingerprint density at radius 1 is 1.47 bits per heavy atom. The lowest BCUT2D eigenvalue weighted by molar-refractivity contribution is -0.114. The van der Waals surface area contributed by atoms with E-state index in [2.05, 4.69) is 0 Å². The summed E-state index contributed by atoms with van der Waals surface area (Å²) in [7, 11) is 0. The highest BCUT2D eigenvalue weighted by Crippen LogP contribution is 2.17. The molecule has 1 heterocycles. The summed E-state index contributed by atoms with van der Waals surface area (Å²) in [5.74, 6) is -2.19. The standard InChI is InChI=1S/C12H12O5/c1-3-5-7-6-9(14)10(12(16)17-7)11(15)8(13)4-2/h3,5-6,14H,4H2,1-2H3/b5-3+. The lowest BCUT2D eigenvalue weighted by Gasteiger charge is -2.01. The van der Waals surface area contributed by atoms with Crippen LogP contribution in [0.2, 0.25) is 0 Å². The van der Waals surface area contributed by atoms with E-state index in [9.17, 15) is 19.5 Å². The van der Waals surface area contributed by atoms with Crippen molar-refractivity contribution in [3.05, 3.63) is 33.9 Å². The lowest BCUT2D eigenvalue weighted by atomic mass is 10.1. The first kappa shape index (κ1) is 12.9. The van der Waals surface area contributed by atoms with E-state index >= 15 is 0 Å². The van der Waals surface area contributed by atoms with Crippen LogP contribution < -0.4 is 5.63 Å². The van der Waals surface area contributed by atoms with Gasteiger partial charge in [0.05, 0.1) is 0 Å². The number of hydrogen-bond donors (Lipinski definition) is 1. The summed E-state index contributed by atoms with van der Waals surface area (Å²) in [4.78, 5) is 34.1. The molecule has 5 heteroatoms. The van der Waals surface area contributed by atoms with Crippen molar-refractivity contribution in [2.75, 3.05) is 0 Å². The van der Waals surface area contributed by atoms with Crippen molar-refractivity contribution < 1.29 is 19.1 Å². The second kappa shape index (κ2) is 5.25. The van der Waals surface area contributed by atoms with E-state index in [0.717, 1.165) is 6.07 Å². The van der Waals surface area contributed by atoms with E-state index in [-0.39, 0.29) is 12.2 Å². The molecule has 0 fully saturated rings. The Morgan fingerprint density at radius 3 is 2.59 bits per heavy atom. The Morgan fingerprint density at radius 2 is 2.12 bits per heavy atom. The number of carbonyl (C=O) groups is 2. The van der Waals surface area contributed by atoms with E-state index in [1.807, 2.05) is 0 Å².